The van der Waals surface area contributed by atoms with Crippen molar-refractivity contribution in [1.82, 2.24) is 0 Å². The molecule has 0 radical (unpaired) electrons. The zero-order chi connectivity index (χ0) is 14.5. The summed E-state index contributed by atoms with van der Waals surface area (Å²) < 4.78 is 5.19. The van der Waals surface area contributed by atoms with Crippen molar-refractivity contribution in [2.24, 2.45) is 0 Å². The molecule has 0 spiro atoms. The van der Waals surface area contributed by atoms with Crippen LogP contribution in [0, 0.1) is 0 Å². The van der Waals surface area contributed by atoms with Crippen molar-refractivity contribution < 1.29 is 9.53 Å². The highest BCUT2D eigenvalue weighted by Gasteiger charge is 2.26. The molecule has 2 aromatic rings. The van der Waals surface area contributed by atoms with Crippen molar-refractivity contribution in [2.75, 3.05) is 11.5 Å². The fourth-order valence-corrected chi connectivity index (χ4v) is 2.83. The zero-order valence-electron chi connectivity index (χ0n) is 11.9. The topological polar surface area (TPSA) is 29.5 Å². The Balaban J connectivity index is 1.98. The van der Waals surface area contributed by atoms with Gasteiger partial charge in [0.1, 0.15) is 0 Å². The van der Waals surface area contributed by atoms with E-state index in [-0.39, 0.29) is 12.0 Å². The molecule has 0 bridgehead atoms. The van der Waals surface area contributed by atoms with Crippen LogP contribution in [0.3, 0.4) is 0 Å². The fraction of sp³-hybridized carbons (Fsp3) is 0.278. The molecule has 3 rings (SSSR count). The number of hydrogen-bond acceptors (Lipinski definition) is 3. The first-order valence-electron chi connectivity index (χ1n) is 7.39. The number of ether oxygens (including phenoxy) is 1. The first-order valence-corrected chi connectivity index (χ1v) is 7.39. The van der Waals surface area contributed by atoms with E-state index in [0.717, 1.165) is 24.2 Å². The molecule has 3 heteroatoms. The Hall–Kier alpha value is -2.29. The summed E-state index contributed by atoms with van der Waals surface area (Å²) in [4.78, 5) is 14.1. The van der Waals surface area contributed by atoms with Gasteiger partial charge in [-0.05, 0) is 37.1 Å². The molecule has 2 aromatic carbocycles. The van der Waals surface area contributed by atoms with Crippen molar-refractivity contribution >= 4 is 17.3 Å². The quantitative estimate of drug-likeness (QED) is 0.799. The highest BCUT2D eigenvalue weighted by Crippen LogP contribution is 2.31. The molecule has 1 saturated heterocycles. The lowest BCUT2D eigenvalue weighted by molar-refractivity contribution is -0.142. The third-order valence-corrected chi connectivity index (χ3v) is 3.78. The van der Waals surface area contributed by atoms with Crippen molar-refractivity contribution in [3.05, 3.63) is 60.7 Å². The van der Waals surface area contributed by atoms with E-state index in [2.05, 4.69) is 29.2 Å². The molecule has 1 aliphatic rings. The Morgan fingerprint density at radius 1 is 0.905 bits per heavy atom. The number of esters is 1. The molecule has 0 N–H and O–H groups in total. The minimum Gasteiger partial charge on any atom is -0.466 e. The van der Waals surface area contributed by atoms with Gasteiger partial charge in [-0.15, -0.1) is 0 Å². The van der Waals surface area contributed by atoms with Crippen LogP contribution >= 0.6 is 0 Å². The van der Waals surface area contributed by atoms with Crippen LogP contribution in [0.15, 0.2) is 60.7 Å². The molecular weight excluding hydrogens is 262 g/mol. The lowest BCUT2D eigenvalue weighted by Gasteiger charge is -2.32. The first-order chi connectivity index (χ1) is 10.3. The molecule has 0 saturated carbocycles. The summed E-state index contributed by atoms with van der Waals surface area (Å²) in [5.41, 5.74) is 2.23. The second kappa shape index (κ2) is 6.44. The highest BCUT2D eigenvalue weighted by molar-refractivity contribution is 5.73. The Morgan fingerprint density at radius 3 is 2.05 bits per heavy atom. The zero-order valence-corrected chi connectivity index (χ0v) is 11.9. The largest absolute Gasteiger partial charge is 0.466 e. The molecule has 1 fully saturated rings. The summed E-state index contributed by atoms with van der Waals surface area (Å²) in [6.45, 7) is 0.534. The molecule has 1 aliphatic heterocycles. The van der Waals surface area contributed by atoms with Gasteiger partial charge < -0.3 is 9.64 Å². The standard InChI is InChI=1S/C18H19NO2/c20-18-14-17(12-7-13-21-18)19(15-8-3-1-4-9-15)16-10-5-2-6-11-16/h1-6,8-11,17H,7,12-14H2. The summed E-state index contributed by atoms with van der Waals surface area (Å²) in [6, 6.07) is 20.6. The number of hydrogen-bond donors (Lipinski definition) is 0. The van der Waals surface area contributed by atoms with Crippen LogP contribution in [-0.4, -0.2) is 18.6 Å². The minimum atomic E-state index is -0.102. The summed E-state index contributed by atoms with van der Waals surface area (Å²) in [5, 5.41) is 0. The molecule has 1 unspecified atom stereocenters. The normalized spacial score (nSPS) is 18.7. The van der Waals surface area contributed by atoms with Crippen molar-refractivity contribution in [3.63, 3.8) is 0 Å². The maximum Gasteiger partial charge on any atom is 0.307 e. The van der Waals surface area contributed by atoms with Crippen molar-refractivity contribution in [2.45, 2.75) is 25.3 Å². The van der Waals surface area contributed by atoms with Crippen LogP contribution in [-0.2, 0) is 9.53 Å². The summed E-state index contributed by atoms with van der Waals surface area (Å²) >= 11 is 0. The van der Waals surface area contributed by atoms with Crippen LogP contribution in [0.2, 0.25) is 0 Å². The van der Waals surface area contributed by atoms with Crippen molar-refractivity contribution in [3.8, 4) is 0 Å². The summed E-state index contributed by atoms with van der Waals surface area (Å²) in [6.07, 6.45) is 2.30. The monoisotopic (exact) mass is 281 g/mol. The lowest BCUT2D eigenvalue weighted by Crippen LogP contribution is -2.32. The van der Waals surface area contributed by atoms with Gasteiger partial charge in [-0.3, -0.25) is 4.79 Å². The van der Waals surface area contributed by atoms with E-state index in [0.29, 0.717) is 13.0 Å². The lowest BCUT2D eigenvalue weighted by atomic mass is 10.0. The average molecular weight is 281 g/mol. The van der Waals surface area contributed by atoms with Gasteiger partial charge in [0.25, 0.3) is 0 Å². The predicted molar refractivity (Wildman–Crippen MR) is 83.6 cm³/mol. The van der Waals surface area contributed by atoms with Gasteiger partial charge in [0, 0.05) is 17.4 Å². The van der Waals surface area contributed by atoms with Gasteiger partial charge in [-0.2, -0.15) is 0 Å². The molecule has 1 atom stereocenters. The fourth-order valence-electron chi connectivity index (χ4n) is 2.83. The minimum absolute atomic E-state index is 0.102. The van der Waals surface area contributed by atoms with E-state index in [9.17, 15) is 4.79 Å². The molecule has 108 valence electrons. The van der Waals surface area contributed by atoms with Crippen LogP contribution < -0.4 is 4.90 Å². The number of benzene rings is 2. The van der Waals surface area contributed by atoms with Gasteiger partial charge in [-0.1, -0.05) is 36.4 Å². The molecule has 1 heterocycles. The maximum absolute atomic E-state index is 11.8. The maximum atomic E-state index is 11.8. The van der Waals surface area contributed by atoms with Crippen LogP contribution in [0.4, 0.5) is 11.4 Å². The average Bonchev–Trinajstić information content (AvgIpc) is 2.74. The van der Waals surface area contributed by atoms with E-state index in [1.54, 1.807) is 0 Å². The first kappa shape index (κ1) is 13.7. The molecule has 0 amide bonds. The second-order valence-electron chi connectivity index (χ2n) is 5.26. The van der Waals surface area contributed by atoms with Crippen LogP contribution in [0.5, 0.6) is 0 Å². The number of cyclic esters (lactones) is 1. The highest BCUT2D eigenvalue weighted by atomic mass is 16.5. The van der Waals surface area contributed by atoms with Crippen LogP contribution in [0.25, 0.3) is 0 Å². The Bertz CT molecular complexity index is 543. The molecule has 3 nitrogen and oxygen atoms in total. The van der Waals surface area contributed by atoms with E-state index in [1.807, 2.05) is 36.4 Å². The second-order valence-corrected chi connectivity index (χ2v) is 5.26. The summed E-state index contributed by atoms with van der Waals surface area (Å²) in [5.74, 6) is -0.102. The van der Waals surface area contributed by atoms with E-state index in [4.69, 9.17) is 4.74 Å². The number of rotatable bonds is 3. The number of carbonyl (C=O) groups is 1. The predicted octanol–water partition coefficient (Wildman–Crippen LogP) is 3.92. The van der Waals surface area contributed by atoms with Gasteiger partial charge in [-0.25, -0.2) is 0 Å². The smallest absolute Gasteiger partial charge is 0.307 e. The molecule has 21 heavy (non-hydrogen) atoms. The Labute approximate surface area is 125 Å². The Kier molecular flexibility index (Phi) is 4.20. The summed E-state index contributed by atoms with van der Waals surface area (Å²) in [7, 11) is 0. The van der Waals surface area contributed by atoms with E-state index < -0.39 is 0 Å². The number of nitrogens with zero attached hydrogens (tertiary/aromatic N) is 1. The molecule has 0 aliphatic carbocycles. The van der Waals surface area contributed by atoms with Gasteiger partial charge in [0.2, 0.25) is 0 Å². The van der Waals surface area contributed by atoms with Crippen molar-refractivity contribution in [1.29, 1.82) is 0 Å². The third-order valence-electron chi connectivity index (χ3n) is 3.78. The van der Waals surface area contributed by atoms with Gasteiger partial charge in [0.05, 0.1) is 13.0 Å². The third kappa shape index (κ3) is 3.24. The molecular formula is C18H19NO2. The van der Waals surface area contributed by atoms with Crippen LogP contribution in [0.1, 0.15) is 19.3 Å². The Morgan fingerprint density at radius 2 is 1.48 bits per heavy atom. The SMILES string of the molecule is O=C1CC(N(c2ccccc2)c2ccccc2)CCCO1. The number of para-hydroxylation sites is 2. The molecule has 0 aromatic heterocycles. The van der Waals surface area contributed by atoms with Gasteiger partial charge in [0.15, 0.2) is 0 Å². The van der Waals surface area contributed by atoms with E-state index in [1.165, 1.54) is 0 Å². The van der Waals surface area contributed by atoms with E-state index >= 15 is 0 Å². The van der Waals surface area contributed by atoms with Gasteiger partial charge >= 0.3 is 5.97 Å². The number of anilines is 2. The number of carbonyl (C=O) groups excluding carboxylic acids is 1.